The summed E-state index contributed by atoms with van der Waals surface area (Å²) < 4.78 is 5.54. The predicted molar refractivity (Wildman–Crippen MR) is 71.3 cm³/mol. The number of hydrogen-bond acceptors (Lipinski definition) is 3. The van der Waals surface area contributed by atoms with Gasteiger partial charge in [0.15, 0.2) is 0 Å². The van der Waals surface area contributed by atoms with Gasteiger partial charge in [-0.1, -0.05) is 13.8 Å². The molecule has 2 aliphatic heterocycles. The van der Waals surface area contributed by atoms with E-state index in [2.05, 4.69) is 31.0 Å². The van der Waals surface area contributed by atoms with E-state index < -0.39 is 0 Å². The van der Waals surface area contributed by atoms with Crippen LogP contribution in [-0.4, -0.2) is 48.8 Å². The van der Waals surface area contributed by atoms with Crippen LogP contribution >= 0.6 is 0 Å². The molecule has 2 rings (SSSR count). The number of ether oxygens (including phenoxy) is 1. The zero-order valence-corrected chi connectivity index (χ0v) is 11.7. The molecule has 3 nitrogen and oxygen atoms in total. The van der Waals surface area contributed by atoms with Gasteiger partial charge in [-0.25, -0.2) is 0 Å². The molecule has 2 aliphatic rings. The Balaban J connectivity index is 2.07. The second kappa shape index (κ2) is 5.68. The van der Waals surface area contributed by atoms with Crippen LogP contribution in [0.4, 0.5) is 0 Å². The van der Waals surface area contributed by atoms with Gasteiger partial charge in [0.25, 0.3) is 0 Å². The zero-order chi connectivity index (χ0) is 12.3. The molecule has 1 N–H and O–H groups in total. The second-order valence-corrected chi connectivity index (χ2v) is 5.84. The van der Waals surface area contributed by atoms with Crippen molar-refractivity contribution in [3.05, 3.63) is 0 Å². The van der Waals surface area contributed by atoms with E-state index >= 15 is 0 Å². The first-order chi connectivity index (χ1) is 8.19. The second-order valence-electron chi connectivity index (χ2n) is 5.84. The molecule has 2 atom stereocenters. The fourth-order valence-electron chi connectivity index (χ4n) is 3.26. The third-order valence-electron chi connectivity index (χ3n) is 4.73. The highest BCUT2D eigenvalue weighted by Gasteiger charge is 2.40. The van der Waals surface area contributed by atoms with E-state index in [1.54, 1.807) is 0 Å². The van der Waals surface area contributed by atoms with Crippen LogP contribution < -0.4 is 5.32 Å². The third-order valence-corrected chi connectivity index (χ3v) is 4.73. The molecule has 2 heterocycles. The minimum atomic E-state index is 0.369. The van der Waals surface area contributed by atoms with E-state index in [4.69, 9.17) is 4.74 Å². The van der Waals surface area contributed by atoms with Gasteiger partial charge in [0.05, 0.1) is 0 Å². The monoisotopic (exact) mass is 240 g/mol. The number of hydrogen-bond donors (Lipinski definition) is 1. The molecule has 3 heteroatoms. The summed E-state index contributed by atoms with van der Waals surface area (Å²) in [6.07, 6.45) is 4.87. The third kappa shape index (κ3) is 2.83. The van der Waals surface area contributed by atoms with Crippen LogP contribution in [0.2, 0.25) is 0 Å². The van der Waals surface area contributed by atoms with Gasteiger partial charge >= 0.3 is 0 Å². The van der Waals surface area contributed by atoms with E-state index in [1.807, 2.05) is 0 Å². The molecule has 0 radical (unpaired) electrons. The molecule has 0 spiro atoms. The SMILES string of the molecule is CCC1CN(C2(C)CCOCC2)C(CC)CN1. The van der Waals surface area contributed by atoms with Gasteiger partial charge < -0.3 is 10.1 Å². The highest BCUT2D eigenvalue weighted by Crippen LogP contribution is 2.31. The smallest absolute Gasteiger partial charge is 0.0483 e. The molecule has 2 unspecified atom stereocenters. The molecule has 0 aliphatic carbocycles. The molecular weight excluding hydrogens is 212 g/mol. The van der Waals surface area contributed by atoms with Crippen molar-refractivity contribution in [2.75, 3.05) is 26.3 Å². The van der Waals surface area contributed by atoms with E-state index in [-0.39, 0.29) is 0 Å². The van der Waals surface area contributed by atoms with Crippen LogP contribution in [-0.2, 0) is 4.74 Å². The van der Waals surface area contributed by atoms with Crippen molar-refractivity contribution < 1.29 is 4.74 Å². The molecule has 2 saturated heterocycles. The molecular formula is C14H28N2O. The van der Waals surface area contributed by atoms with Crippen molar-refractivity contribution in [2.24, 2.45) is 0 Å². The normalized spacial score (nSPS) is 34.8. The zero-order valence-electron chi connectivity index (χ0n) is 11.7. The highest BCUT2D eigenvalue weighted by atomic mass is 16.5. The average Bonchev–Trinajstić information content (AvgIpc) is 2.39. The summed E-state index contributed by atoms with van der Waals surface area (Å²) in [5.41, 5.74) is 0.369. The molecule has 0 aromatic carbocycles. The van der Waals surface area contributed by atoms with Gasteiger partial charge in [-0.15, -0.1) is 0 Å². The van der Waals surface area contributed by atoms with Gasteiger partial charge in [-0.2, -0.15) is 0 Å². The fourth-order valence-corrected chi connectivity index (χ4v) is 3.26. The number of rotatable bonds is 3. The molecule has 0 aromatic heterocycles. The first-order valence-corrected chi connectivity index (χ1v) is 7.27. The molecule has 0 amide bonds. The summed E-state index contributed by atoms with van der Waals surface area (Å²) in [6, 6.07) is 1.39. The maximum Gasteiger partial charge on any atom is 0.0483 e. The number of nitrogens with zero attached hydrogens (tertiary/aromatic N) is 1. The first kappa shape index (κ1) is 13.3. The molecule has 0 bridgehead atoms. The summed E-state index contributed by atoms with van der Waals surface area (Å²) >= 11 is 0. The predicted octanol–water partition coefficient (Wildman–Crippen LogP) is 2.02. The van der Waals surface area contributed by atoms with E-state index in [0.717, 1.165) is 19.8 Å². The van der Waals surface area contributed by atoms with E-state index in [0.29, 0.717) is 17.6 Å². The Morgan fingerprint density at radius 1 is 1.24 bits per heavy atom. The van der Waals surface area contributed by atoms with Gasteiger partial charge in [0.2, 0.25) is 0 Å². The van der Waals surface area contributed by atoms with Crippen molar-refractivity contribution >= 4 is 0 Å². The molecule has 0 aromatic rings. The van der Waals surface area contributed by atoms with Gasteiger partial charge in [0, 0.05) is 43.9 Å². The molecule has 17 heavy (non-hydrogen) atoms. The minimum absolute atomic E-state index is 0.369. The van der Waals surface area contributed by atoms with E-state index in [1.165, 1.54) is 32.2 Å². The quantitative estimate of drug-likeness (QED) is 0.817. The van der Waals surface area contributed by atoms with Crippen LogP contribution in [0.3, 0.4) is 0 Å². The van der Waals surface area contributed by atoms with Gasteiger partial charge in [-0.05, 0) is 32.6 Å². The summed E-state index contributed by atoms with van der Waals surface area (Å²) in [5, 5.41) is 3.68. The van der Waals surface area contributed by atoms with Crippen molar-refractivity contribution in [2.45, 2.75) is 64.1 Å². The molecule has 100 valence electrons. The van der Waals surface area contributed by atoms with Crippen LogP contribution in [0.5, 0.6) is 0 Å². The highest BCUT2D eigenvalue weighted by molar-refractivity contribution is 4.96. The molecule has 2 fully saturated rings. The lowest BCUT2D eigenvalue weighted by Gasteiger charge is -2.52. The van der Waals surface area contributed by atoms with E-state index in [9.17, 15) is 0 Å². The summed E-state index contributed by atoms with van der Waals surface area (Å²) in [4.78, 5) is 2.78. The van der Waals surface area contributed by atoms with Crippen LogP contribution in [0, 0.1) is 0 Å². The summed E-state index contributed by atoms with van der Waals surface area (Å²) in [6.45, 7) is 11.3. The lowest BCUT2D eigenvalue weighted by molar-refractivity contribution is -0.0543. The Labute approximate surface area is 106 Å². The first-order valence-electron chi connectivity index (χ1n) is 7.27. The van der Waals surface area contributed by atoms with Crippen molar-refractivity contribution in [3.63, 3.8) is 0 Å². The minimum Gasteiger partial charge on any atom is -0.381 e. The standard InChI is InChI=1S/C14H28N2O/c1-4-12-11-16(13(5-2)10-15-12)14(3)6-8-17-9-7-14/h12-13,15H,4-11H2,1-3H3. The maximum atomic E-state index is 5.54. The topological polar surface area (TPSA) is 24.5 Å². The summed E-state index contributed by atoms with van der Waals surface area (Å²) in [5.74, 6) is 0. The van der Waals surface area contributed by atoms with Gasteiger partial charge in [0.1, 0.15) is 0 Å². The van der Waals surface area contributed by atoms with Crippen molar-refractivity contribution in [1.82, 2.24) is 10.2 Å². The molecule has 0 saturated carbocycles. The van der Waals surface area contributed by atoms with Crippen molar-refractivity contribution in [1.29, 1.82) is 0 Å². The van der Waals surface area contributed by atoms with Crippen LogP contribution in [0.1, 0.15) is 46.5 Å². The Bertz CT molecular complexity index is 238. The van der Waals surface area contributed by atoms with Crippen molar-refractivity contribution in [3.8, 4) is 0 Å². The Kier molecular flexibility index (Phi) is 4.45. The van der Waals surface area contributed by atoms with Crippen LogP contribution in [0.15, 0.2) is 0 Å². The Morgan fingerprint density at radius 2 is 1.94 bits per heavy atom. The fraction of sp³-hybridized carbons (Fsp3) is 1.00. The average molecular weight is 240 g/mol. The Morgan fingerprint density at radius 3 is 2.53 bits per heavy atom. The summed E-state index contributed by atoms with van der Waals surface area (Å²) in [7, 11) is 0. The number of piperazine rings is 1. The lowest BCUT2D eigenvalue weighted by atomic mass is 9.86. The maximum absolute atomic E-state index is 5.54. The van der Waals surface area contributed by atoms with Crippen LogP contribution in [0.25, 0.3) is 0 Å². The van der Waals surface area contributed by atoms with Gasteiger partial charge in [-0.3, -0.25) is 4.90 Å². The Hall–Kier alpha value is -0.120. The number of nitrogens with one attached hydrogen (secondary N) is 1. The largest absolute Gasteiger partial charge is 0.381 e. The lowest BCUT2D eigenvalue weighted by Crippen LogP contribution is -2.64.